The summed E-state index contributed by atoms with van der Waals surface area (Å²) in [7, 11) is 1.79. The Balaban J connectivity index is 1.49. The number of aromatic nitrogens is 3. The van der Waals surface area contributed by atoms with E-state index in [9.17, 15) is 9.18 Å². The van der Waals surface area contributed by atoms with Gasteiger partial charge in [-0.05, 0) is 43.2 Å². The number of carbonyl (C=O) groups excluding carboxylic acids is 1. The third-order valence-corrected chi connectivity index (χ3v) is 4.62. The summed E-state index contributed by atoms with van der Waals surface area (Å²) in [6.45, 7) is 1.02. The van der Waals surface area contributed by atoms with Gasteiger partial charge in [-0.25, -0.2) is 14.4 Å². The summed E-state index contributed by atoms with van der Waals surface area (Å²) in [4.78, 5) is 21.3. The molecule has 1 N–H and O–H groups in total. The Hall–Kier alpha value is -2.80. The zero-order valence-electron chi connectivity index (χ0n) is 14.4. The van der Waals surface area contributed by atoms with Crippen molar-refractivity contribution in [1.29, 1.82) is 0 Å². The SMILES string of the molecule is Cn1c(C(=O)NCc2ccnc(C3CCCO3)n2)cc2cc(F)ccc21. The first-order valence-corrected chi connectivity index (χ1v) is 8.58. The molecule has 3 heterocycles. The first kappa shape index (κ1) is 16.7. The van der Waals surface area contributed by atoms with Gasteiger partial charge in [0, 0.05) is 30.8 Å². The van der Waals surface area contributed by atoms with Gasteiger partial charge in [0.15, 0.2) is 5.82 Å². The number of aryl methyl sites for hydroxylation is 1. The average molecular weight is 354 g/mol. The Labute approximate surface area is 150 Å². The zero-order valence-corrected chi connectivity index (χ0v) is 14.4. The van der Waals surface area contributed by atoms with Crippen LogP contribution < -0.4 is 5.32 Å². The molecule has 1 aromatic carbocycles. The predicted octanol–water partition coefficient (Wildman–Crippen LogP) is 2.89. The number of hydrogen-bond acceptors (Lipinski definition) is 4. The zero-order chi connectivity index (χ0) is 18.1. The maximum Gasteiger partial charge on any atom is 0.268 e. The Morgan fingerprint density at radius 1 is 1.38 bits per heavy atom. The summed E-state index contributed by atoms with van der Waals surface area (Å²) in [6, 6.07) is 7.93. The lowest BCUT2D eigenvalue weighted by Gasteiger charge is -2.10. The van der Waals surface area contributed by atoms with Gasteiger partial charge in [0.25, 0.3) is 5.91 Å². The number of nitrogens with one attached hydrogen (secondary N) is 1. The van der Waals surface area contributed by atoms with Crippen molar-refractivity contribution in [2.75, 3.05) is 6.61 Å². The molecular formula is C19H19FN4O2. The van der Waals surface area contributed by atoms with Crippen molar-refractivity contribution in [3.8, 4) is 0 Å². The molecule has 1 unspecified atom stereocenters. The van der Waals surface area contributed by atoms with Gasteiger partial charge in [-0.15, -0.1) is 0 Å². The molecule has 1 saturated heterocycles. The van der Waals surface area contributed by atoms with Crippen LogP contribution in [0, 0.1) is 5.82 Å². The maximum absolute atomic E-state index is 13.4. The van der Waals surface area contributed by atoms with E-state index in [-0.39, 0.29) is 24.4 Å². The van der Waals surface area contributed by atoms with E-state index < -0.39 is 0 Å². The largest absolute Gasteiger partial charge is 0.370 e. The van der Waals surface area contributed by atoms with Crippen LogP contribution in [0.25, 0.3) is 10.9 Å². The molecular weight excluding hydrogens is 335 g/mol. The van der Waals surface area contributed by atoms with E-state index in [0.717, 1.165) is 30.7 Å². The van der Waals surface area contributed by atoms with Crippen LogP contribution in [0.15, 0.2) is 36.5 Å². The Bertz CT molecular complexity index is 963. The highest BCUT2D eigenvalue weighted by Gasteiger charge is 2.20. The normalized spacial score (nSPS) is 16.9. The van der Waals surface area contributed by atoms with E-state index >= 15 is 0 Å². The fourth-order valence-electron chi connectivity index (χ4n) is 3.25. The molecule has 4 rings (SSSR count). The molecule has 1 aliphatic heterocycles. The van der Waals surface area contributed by atoms with Crippen molar-refractivity contribution in [3.05, 3.63) is 59.6 Å². The highest BCUT2D eigenvalue weighted by molar-refractivity contribution is 5.98. The van der Waals surface area contributed by atoms with Crippen LogP contribution in [0.1, 0.15) is 41.0 Å². The van der Waals surface area contributed by atoms with Crippen LogP contribution in [-0.4, -0.2) is 27.0 Å². The smallest absolute Gasteiger partial charge is 0.268 e. The maximum atomic E-state index is 13.4. The quantitative estimate of drug-likeness (QED) is 0.782. The van der Waals surface area contributed by atoms with Gasteiger partial charge < -0.3 is 14.6 Å². The molecule has 7 heteroatoms. The van der Waals surface area contributed by atoms with Crippen LogP contribution in [0.4, 0.5) is 4.39 Å². The van der Waals surface area contributed by atoms with Crippen LogP contribution in [0.5, 0.6) is 0 Å². The molecule has 0 aliphatic carbocycles. The molecule has 6 nitrogen and oxygen atoms in total. The topological polar surface area (TPSA) is 69.0 Å². The number of rotatable bonds is 4. The highest BCUT2D eigenvalue weighted by Crippen LogP contribution is 2.25. The first-order valence-electron chi connectivity index (χ1n) is 8.58. The third kappa shape index (κ3) is 3.17. The molecule has 1 aliphatic rings. The Morgan fingerprint density at radius 2 is 2.27 bits per heavy atom. The fraction of sp³-hybridized carbons (Fsp3) is 0.316. The lowest BCUT2D eigenvalue weighted by molar-refractivity contribution is 0.0942. The second-order valence-electron chi connectivity index (χ2n) is 6.38. The van der Waals surface area contributed by atoms with Crippen molar-refractivity contribution >= 4 is 16.8 Å². The van der Waals surface area contributed by atoms with Gasteiger partial charge >= 0.3 is 0 Å². The number of hydrogen-bond donors (Lipinski definition) is 1. The number of benzene rings is 1. The molecule has 2 aromatic heterocycles. The molecule has 1 atom stereocenters. The molecule has 0 bridgehead atoms. The standard InChI is InChI=1S/C19H19FN4O2/c1-24-15-5-4-13(20)9-12(15)10-16(24)19(25)22-11-14-6-7-21-18(23-14)17-3-2-8-26-17/h4-7,9-10,17H,2-3,8,11H2,1H3,(H,22,25). The first-order chi connectivity index (χ1) is 12.6. The molecule has 26 heavy (non-hydrogen) atoms. The van der Waals surface area contributed by atoms with Gasteiger partial charge in [-0.3, -0.25) is 4.79 Å². The molecule has 134 valence electrons. The van der Waals surface area contributed by atoms with E-state index in [0.29, 0.717) is 16.9 Å². The predicted molar refractivity (Wildman–Crippen MR) is 94.0 cm³/mol. The second kappa shape index (κ2) is 6.84. The number of carbonyl (C=O) groups is 1. The summed E-state index contributed by atoms with van der Waals surface area (Å²) in [5.41, 5.74) is 2.00. The van der Waals surface area contributed by atoms with Crippen molar-refractivity contribution in [2.45, 2.75) is 25.5 Å². The molecule has 1 amide bonds. The van der Waals surface area contributed by atoms with Crippen LogP contribution in [0.2, 0.25) is 0 Å². The number of fused-ring (bicyclic) bond motifs is 1. The summed E-state index contributed by atoms with van der Waals surface area (Å²) in [5, 5.41) is 3.56. The number of halogens is 1. The van der Waals surface area contributed by atoms with Crippen molar-refractivity contribution in [3.63, 3.8) is 0 Å². The monoisotopic (exact) mass is 354 g/mol. The van der Waals surface area contributed by atoms with Crippen LogP contribution in [0.3, 0.4) is 0 Å². The Morgan fingerprint density at radius 3 is 3.08 bits per heavy atom. The van der Waals surface area contributed by atoms with Crippen molar-refractivity contribution < 1.29 is 13.9 Å². The molecule has 0 radical (unpaired) electrons. The number of amides is 1. The molecule has 3 aromatic rings. The fourth-order valence-corrected chi connectivity index (χ4v) is 3.25. The lowest BCUT2D eigenvalue weighted by atomic mass is 10.2. The minimum Gasteiger partial charge on any atom is -0.370 e. The summed E-state index contributed by atoms with van der Waals surface area (Å²) in [6.07, 6.45) is 3.56. The second-order valence-corrected chi connectivity index (χ2v) is 6.38. The Kier molecular flexibility index (Phi) is 4.38. The minimum absolute atomic E-state index is 0.0567. The van der Waals surface area contributed by atoms with Crippen molar-refractivity contribution in [1.82, 2.24) is 19.9 Å². The molecule has 1 fully saturated rings. The van der Waals surface area contributed by atoms with Crippen LogP contribution in [-0.2, 0) is 18.3 Å². The van der Waals surface area contributed by atoms with Gasteiger partial charge in [-0.2, -0.15) is 0 Å². The number of nitrogens with zero attached hydrogens (tertiary/aromatic N) is 3. The van der Waals surface area contributed by atoms with Crippen LogP contribution >= 0.6 is 0 Å². The third-order valence-electron chi connectivity index (χ3n) is 4.62. The summed E-state index contributed by atoms with van der Waals surface area (Å²) >= 11 is 0. The summed E-state index contributed by atoms with van der Waals surface area (Å²) in [5.74, 6) is 0.105. The highest BCUT2D eigenvalue weighted by atomic mass is 19.1. The van der Waals surface area contributed by atoms with Gasteiger partial charge in [0.05, 0.1) is 12.2 Å². The van der Waals surface area contributed by atoms with E-state index in [1.54, 1.807) is 36.0 Å². The molecule has 0 saturated carbocycles. The number of ether oxygens (including phenoxy) is 1. The molecule has 0 spiro atoms. The minimum atomic E-state index is -0.322. The van der Waals surface area contributed by atoms with Crippen molar-refractivity contribution in [2.24, 2.45) is 7.05 Å². The average Bonchev–Trinajstić information content (AvgIpc) is 3.28. The van der Waals surface area contributed by atoms with E-state index in [1.165, 1.54) is 12.1 Å². The van der Waals surface area contributed by atoms with Gasteiger partial charge in [0.2, 0.25) is 0 Å². The van der Waals surface area contributed by atoms with E-state index in [4.69, 9.17) is 4.74 Å². The van der Waals surface area contributed by atoms with Gasteiger partial charge in [-0.1, -0.05) is 0 Å². The van der Waals surface area contributed by atoms with E-state index in [1.807, 2.05) is 0 Å². The summed E-state index contributed by atoms with van der Waals surface area (Å²) < 4.78 is 20.7. The van der Waals surface area contributed by atoms with E-state index in [2.05, 4.69) is 15.3 Å². The van der Waals surface area contributed by atoms with Gasteiger partial charge in [0.1, 0.15) is 17.6 Å². The lowest BCUT2D eigenvalue weighted by Crippen LogP contribution is -2.25.